The normalized spacial score (nSPS) is 9.20. The summed E-state index contributed by atoms with van der Waals surface area (Å²) in [5.74, 6) is -1.18. The molecule has 0 aromatic carbocycles. The van der Waals surface area contributed by atoms with E-state index in [1.807, 2.05) is 0 Å². The first-order valence-electron chi connectivity index (χ1n) is 6.33. The summed E-state index contributed by atoms with van der Waals surface area (Å²) in [6.07, 6.45) is 2.03. The predicted molar refractivity (Wildman–Crippen MR) is 67.5 cm³/mol. The van der Waals surface area contributed by atoms with Crippen molar-refractivity contribution >= 4 is 5.97 Å². The Labute approximate surface area is 137 Å². The van der Waals surface area contributed by atoms with Crippen LogP contribution in [0.15, 0.2) is 0 Å². The number of hydrogen-bond acceptors (Lipinski definition) is 7. The summed E-state index contributed by atoms with van der Waals surface area (Å²) in [5.41, 5.74) is 10.3. The molecule has 0 spiro atoms. The van der Waals surface area contributed by atoms with Gasteiger partial charge in [0.2, 0.25) is 0 Å². The van der Waals surface area contributed by atoms with Gasteiger partial charge in [-0.25, -0.2) is 0 Å². The van der Waals surface area contributed by atoms with Gasteiger partial charge in [-0.3, -0.25) is 0 Å². The van der Waals surface area contributed by atoms with Crippen molar-refractivity contribution in [2.75, 3.05) is 26.4 Å². The minimum Gasteiger partial charge on any atom is -0.855 e. The molecule has 0 saturated carbocycles. The molecule has 0 aliphatic rings. The molecule has 0 heterocycles. The van der Waals surface area contributed by atoms with Crippen molar-refractivity contribution in [3.63, 3.8) is 0 Å². The van der Waals surface area contributed by atoms with Crippen LogP contribution in [0.1, 0.15) is 40.0 Å². The molecule has 0 aliphatic carbocycles. The summed E-state index contributed by atoms with van der Waals surface area (Å²) in [5, 5.41) is 36.8. The monoisotopic (exact) mass is 328 g/mol. The second-order valence-electron chi connectivity index (χ2n) is 3.08. The molecular formula is C12H28N2O5Ti. The molecule has 0 bridgehead atoms. The zero-order valence-electron chi connectivity index (χ0n) is 12.7. The third kappa shape index (κ3) is 64.3. The largest absolute Gasteiger partial charge is 4.00 e. The second-order valence-corrected chi connectivity index (χ2v) is 3.08. The van der Waals surface area contributed by atoms with Gasteiger partial charge in [0.1, 0.15) is 0 Å². The van der Waals surface area contributed by atoms with Gasteiger partial charge in [-0.2, -0.15) is 0 Å². The Kier molecular flexibility index (Phi) is 58.4. The minimum atomic E-state index is -1.18. The molecule has 4 N–H and O–H groups in total. The van der Waals surface area contributed by atoms with Gasteiger partial charge in [0.05, 0.1) is 5.97 Å². The molecule has 1 atom stereocenters. The van der Waals surface area contributed by atoms with Crippen molar-refractivity contribution in [1.29, 1.82) is 0 Å². The fourth-order valence-electron chi connectivity index (χ4n) is 0.626. The average Bonchev–Trinajstić information content (AvgIpc) is 2.32. The summed E-state index contributed by atoms with van der Waals surface area (Å²) < 4.78 is 0. The Hall–Kier alpha value is -0.0157. The van der Waals surface area contributed by atoms with Crippen LogP contribution < -0.4 is 31.9 Å². The maximum absolute atomic E-state index is 10.0. The SMILES string of the molecule is CC[O-].CC[O-].CC[O-].NCCCCC(N)C(=O)[O-].[Ti+4]. The van der Waals surface area contributed by atoms with Gasteiger partial charge < -0.3 is 36.7 Å². The summed E-state index contributed by atoms with van der Waals surface area (Å²) in [6, 6.07) is -0.827. The van der Waals surface area contributed by atoms with Gasteiger partial charge >= 0.3 is 21.7 Å². The molecule has 20 heavy (non-hydrogen) atoms. The number of carboxylic acid groups (broad SMARTS) is 1. The Morgan fingerprint density at radius 1 is 1.00 bits per heavy atom. The number of carbonyl (C=O) groups is 1. The van der Waals surface area contributed by atoms with Gasteiger partial charge in [0.15, 0.2) is 0 Å². The molecule has 0 aromatic rings. The first-order valence-corrected chi connectivity index (χ1v) is 6.33. The number of aliphatic carboxylic acids is 1. The van der Waals surface area contributed by atoms with Crippen molar-refractivity contribution in [2.45, 2.75) is 46.1 Å². The standard InChI is InChI=1S/C6H14N2O2.3C2H5O.Ti/c7-4-2-1-3-5(8)6(9)10;3*1-2-3;/h5H,1-4,7-8H2,(H,9,10);3*2H2,1H3;/q;3*-1;+4/p-1. The first kappa shape index (κ1) is 32.1. The van der Waals surface area contributed by atoms with Crippen LogP contribution in [0.2, 0.25) is 0 Å². The Bertz CT molecular complexity index is 149. The van der Waals surface area contributed by atoms with E-state index in [1.165, 1.54) is 0 Å². The molecular weight excluding hydrogens is 300 g/mol. The van der Waals surface area contributed by atoms with Crippen molar-refractivity contribution < 1.29 is 46.9 Å². The molecule has 0 radical (unpaired) electrons. The summed E-state index contributed by atoms with van der Waals surface area (Å²) in [7, 11) is 0. The van der Waals surface area contributed by atoms with Gasteiger partial charge in [-0.1, -0.05) is 27.2 Å². The van der Waals surface area contributed by atoms with E-state index in [-0.39, 0.29) is 41.5 Å². The zero-order chi connectivity index (χ0) is 16.1. The van der Waals surface area contributed by atoms with Crippen LogP contribution in [-0.4, -0.2) is 38.4 Å². The van der Waals surface area contributed by atoms with Crippen LogP contribution >= 0.6 is 0 Å². The number of rotatable bonds is 5. The molecule has 7 nitrogen and oxygen atoms in total. The molecule has 0 saturated heterocycles. The van der Waals surface area contributed by atoms with Gasteiger partial charge in [-0.05, 0) is 19.4 Å². The fraction of sp³-hybridized carbons (Fsp3) is 0.917. The Balaban J connectivity index is -0.0000000626. The number of carbonyl (C=O) groups excluding carboxylic acids is 1. The van der Waals surface area contributed by atoms with Crippen molar-refractivity contribution in [2.24, 2.45) is 11.5 Å². The van der Waals surface area contributed by atoms with E-state index in [2.05, 4.69) is 0 Å². The van der Waals surface area contributed by atoms with Crippen LogP contribution in [-0.2, 0) is 26.5 Å². The van der Waals surface area contributed by atoms with Gasteiger partial charge in [0.25, 0.3) is 0 Å². The van der Waals surface area contributed by atoms with Crippen molar-refractivity contribution in [3.05, 3.63) is 0 Å². The van der Waals surface area contributed by atoms with Crippen LogP contribution in [0, 0.1) is 0 Å². The number of carboxylic acids is 1. The van der Waals surface area contributed by atoms with Crippen molar-refractivity contribution in [1.82, 2.24) is 0 Å². The van der Waals surface area contributed by atoms with Crippen LogP contribution in [0.4, 0.5) is 0 Å². The molecule has 0 aliphatic heterocycles. The van der Waals surface area contributed by atoms with E-state index in [9.17, 15) is 9.90 Å². The fourth-order valence-corrected chi connectivity index (χ4v) is 0.626. The summed E-state index contributed by atoms with van der Waals surface area (Å²) in [4.78, 5) is 10.0. The van der Waals surface area contributed by atoms with E-state index in [1.54, 1.807) is 20.8 Å². The molecule has 0 amide bonds. The first-order chi connectivity index (χ1) is 8.92. The summed E-state index contributed by atoms with van der Waals surface area (Å²) >= 11 is 0. The minimum absolute atomic E-state index is 0. The van der Waals surface area contributed by atoms with Crippen molar-refractivity contribution in [3.8, 4) is 0 Å². The summed E-state index contributed by atoms with van der Waals surface area (Å²) in [6.45, 7) is 5.29. The van der Waals surface area contributed by atoms with Crippen LogP contribution in [0.25, 0.3) is 0 Å². The maximum Gasteiger partial charge on any atom is 4.00 e. The smallest absolute Gasteiger partial charge is 0.855 e. The quantitative estimate of drug-likeness (QED) is 0.387. The van der Waals surface area contributed by atoms with Gasteiger partial charge in [-0.15, -0.1) is 19.8 Å². The van der Waals surface area contributed by atoms with E-state index in [0.717, 1.165) is 12.8 Å². The zero-order valence-corrected chi connectivity index (χ0v) is 14.3. The molecule has 8 heteroatoms. The Morgan fingerprint density at radius 2 is 1.30 bits per heavy atom. The van der Waals surface area contributed by atoms with Crippen LogP contribution in [0.5, 0.6) is 0 Å². The average molecular weight is 328 g/mol. The van der Waals surface area contributed by atoms with E-state index >= 15 is 0 Å². The maximum atomic E-state index is 10.0. The third-order valence-corrected chi connectivity index (χ3v) is 1.27. The second kappa shape index (κ2) is 36.4. The number of nitrogens with two attached hydrogens (primary N) is 2. The topological polar surface area (TPSA) is 161 Å². The molecule has 120 valence electrons. The molecule has 1 unspecified atom stereocenters. The number of hydrogen-bond donors (Lipinski definition) is 2. The van der Waals surface area contributed by atoms with Crippen LogP contribution in [0.3, 0.4) is 0 Å². The molecule has 0 fully saturated rings. The molecule has 0 aromatic heterocycles. The van der Waals surface area contributed by atoms with E-state index < -0.39 is 12.0 Å². The number of unbranched alkanes of at least 4 members (excludes halogenated alkanes) is 1. The molecule has 0 rings (SSSR count). The van der Waals surface area contributed by atoms with E-state index in [0.29, 0.717) is 13.0 Å². The predicted octanol–water partition coefficient (Wildman–Crippen LogP) is -3.71. The van der Waals surface area contributed by atoms with Gasteiger partial charge in [0, 0.05) is 6.04 Å². The van der Waals surface area contributed by atoms with E-state index in [4.69, 9.17) is 26.8 Å². The Morgan fingerprint density at radius 3 is 1.50 bits per heavy atom. The third-order valence-electron chi connectivity index (χ3n) is 1.27.